The molecule has 0 aliphatic rings. The first-order valence-electron chi connectivity index (χ1n) is 4.57. The maximum absolute atomic E-state index is 13.5. The van der Waals surface area contributed by atoms with E-state index in [0.717, 1.165) is 6.07 Å². The topological polar surface area (TPSA) is 26.0 Å². The predicted octanol–water partition coefficient (Wildman–Crippen LogP) is 3.58. The molecule has 82 valence electrons. The van der Waals surface area contributed by atoms with Gasteiger partial charge in [0.2, 0.25) is 0 Å². The average molecular weight is 232 g/mol. The standard InChI is InChI=1S/C11H12ClF2N/c1-2-3-4-9(15)10-8(13)6-5-7(12)11(10)14/h2,5-6,9H,1,3-4,15H2/t9-/m0/s1. The van der Waals surface area contributed by atoms with Gasteiger partial charge in [-0.2, -0.15) is 0 Å². The number of hydrogen-bond acceptors (Lipinski definition) is 1. The van der Waals surface area contributed by atoms with Crippen molar-refractivity contribution in [3.63, 3.8) is 0 Å². The van der Waals surface area contributed by atoms with E-state index < -0.39 is 17.7 Å². The smallest absolute Gasteiger partial charge is 0.149 e. The van der Waals surface area contributed by atoms with Crippen LogP contribution in [0.1, 0.15) is 24.4 Å². The van der Waals surface area contributed by atoms with Gasteiger partial charge in [0.25, 0.3) is 0 Å². The number of benzene rings is 1. The van der Waals surface area contributed by atoms with Crippen LogP contribution in [-0.4, -0.2) is 0 Å². The molecule has 0 unspecified atom stereocenters. The van der Waals surface area contributed by atoms with E-state index in [-0.39, 0.29) is 10.6 Å². The first-order chi connectivity index (χ1) is 7.07. The Labute approximate surface area is 92.5 Å². The van der Waals surface area contributed by atoms with E-state index in [1.165, 1.54) is 6.07 Å². The van der Waals surface area contributed by atoms with Crippen molar-refractivity contribution in [2.24, 2.45) is 5.73 Å². The van der Waals surface area contributed by atoms with Crippen LogP contribution in [0.25, 0.3) is 0 Å². The molecule has 0 aromatic heterocycles. The average Bonchev–Trinajstić information content (AvgIpc) is 2.21. The zero-order chi connectivity index (χ0) is 11.4. The van der Waals surface area contributed by atoms with Crippen LogP contribution in [0.5, 0.6) is 0 Å². The summed E-state index contributed by atoms with van der Waals surface area (Å²) in [6, 6.07) is 1.60. The summed E-state index contributed by atoms with van der Waals surface area (Å²) >= 11 is 5.55. The molecule has 1 rings (SSSR count). The molecule has 1 atom stereocenters. The summed E-state index contributed by atoms with van der Waals surface area (Å²) in [5.74, 6) is -1.43. The van der Waals surface area contributed by atoms with Gasteiger partial charge in [-0.3, -0.25) is 0 Å². The Morgan fingerprint density at radius 2 is 2.13 bits per heavy atom. The largest absolute Gasteiger partial charge is 0.324 e. The van der Waals surface area contributed by atoms with E-state index in [0.29, 0.717) is 12.8 Å². The maximum Gasteiger partial charge on any atom is 0.149 e. The van der Waals surface area contributed by atoms with Crippen LogP contribution in [0, 0.1) is 11.6 Å². The first-order valence-corrected chi connectivity index (χ1v) is 4.95. The Balaban J connectivity index is 3.01. The zero-order valence-electron chi connectivity index (χ0n) is 8.14. The third-order valence-electron chi connectivity index (χ3n) is 2.13. The number of hydrogen-bond donors (Lipinski definition) is 1. The summed E-state index contributed by atoms with van der Waals surface area (Å²) in [6.07, 6.45) is 2.70. The van der Waals surface area contributed by atoms with E-state index >= 15 is 0 Å². The summed E-state index contributed by atoms with van der Waals surface area (Å²) in [7, 11) is 0. The van der Waals surface area contributed by atoms with Gasteiger partial charge >= 0.3 is 0 Å². The van der Waals surface area contributed by atoms with Gasteiger partial charge in [0.15, 0.2) is 0 Å². The number of rotatable bonds is 4. The lowest BCUT2D eigenvalue weighted by Crippen LogP contribution is -2.14. The normalized spacial score (nSPS) is 12.5. The Hall–Kier alpha value is -0.930. The molecular weight excluding hydrogens is 220 g/mol. The van der Waals surface area contributed by atoms with Crippen molar-refractivity contribution in [1.29, 1.82) is 0 Å². The van der Waals surface area contributed by atoms with Crippen molar-refractivity contribution in [1.82, 2.24) is 0 Å². The van der Waals surface area contributed by atoms with Crippen LogP contribution in [0.4, 0.5) is 8.78 Å². The van der Waals surface area contributed by atoms with Crippen molar-refractivity contribution in [2.45, 2.75) is 18.9 Å². The number of nitrogens with two attached hydrogens (primary N) is 1. The van der Waals surface area contributed by atoms with Crippen molar-refractivity contribution in [2.75, 3.05) is 0 Å². The van der Waals surface area contributed by atoms with Gasteiger partial charge in [0.1, 0.15) is 11.6 Å². The quantitative estimate of drug-likeness (QED) is 0.622. The van der Waals surface area contributed by atoms with Crippen LogP contribution in [0.3, 0.4) is 0 Å². The molecule has 0 amide bonds. The van der Waals surface area contributed by atoms with Gasteiger partial charge < -0.3 is 5.73 Å². The fourth-order valence-corrected chi connectivity index (χ4v) is 1.49. The molecule has 0 saturated carbocycles. The van der Waals surface area contributed by atoms with E-state index in [1.54, 1.807) is 6.08 Å². The Kier molecular flexibility index (Phi) is 4.24. The molecule has 0 aliphatic heterocycles. The summed E-state index contributed by atoms with van der Waals surface area (Å²) in [5, 5.41) is -0.111. The van der Waals surface area contributed by atoms with E-state index in [1.807, 2.05) is 0 Å². The zero-order valence-corrected chi connectivity index (χ0v) is 8.90. The van der Waals surface area contributed by atoms with E-state index in [9.17, 15) is 8.78 Å². The second-order valence-corrected chi connectivity index (χ2v) is 3.64. The third-order valence-corrected chi connectivity index (χ3v) is 2.42. The Bertz CT molecular complexity index is 366. The minimum atomic E-state index is -0.770. The lowest BCUT2D eigenvalue weighted by atomic mass is 10.0. The molecule has 1 nitrogen and oxygen atoms in total. The summed E-state index contributed by atoms with van der Waals surface area (Å²) < 4.78 is 26.8. The van der Waals surface area contributed by atoms with Crippen molar-refractivity contribution in [3.05, 3.63) is 47.0 Å². The Morgan fingerprint density at radius 3 is 2.73 bits per heavy atom. The molecule has 0 aliphatic carbocycles. The highest BCUT2D eigenvalue weighted by molar-refractivity contribution is 6.30. The summed E-state index contributed by atoms with van der Waals surface area (Å²) in [5.41, 5.74) is 5.52. The predicted molar refractivity (Wildman–Crippen MR) is 57.7 cm³/mol. The van der Waals surface area contributed by atoms with Crippen LogP contribution < -0.4 is 5.73 Å². The lowest BCUT2D eigenvalue weighted by Gasteiger charge is -2.13. The van der Waals surface area contributed by atoms with Gasteiger partial charge in [0.05, 0.1) is 5.02 Å². The molecule has 1 aromatic carbocycles. The molecule has 0 saturated heterocycles. The molecule has 0 bridgehead atoms. The third kappa shape index (κ3) is 2.76. The van der Waals surface area contributed by atoms with Crippen molar-refractivity contribution < 1.29 is 8.78 Å². The van der Waals surface area contributed by atoms with E-state index in [4.69, 9.17) is 17.3 Å². The van der Waals surface area contributed by atoms with Gasteiger partial charge in [-0.05, 0) is 25.0 Å². The minimum absolute atomic E-state index is 0.111. The van der Waals surface area contributed by atoms with E-state index in [2.05, 4.69) is 6.58 Å². The van der Waals surface area contributed by atoms with Crippen LogP contribution in [0.15, 0.2) is 24.8 Å². The summed E-state index contributed by atoms with van der Waals surface area (Å²) in [6.45, 7) is 3.52. The highest BCUT2D eigenvalue weighted by atomic mass is 35.5. The molecule has 4 heteroatoms. The minimum Gasteiger partial charge on any atom is -0.324 e. The van der Waals surface area contributed by atoms with Crippen molar-refractivity contribution in [3.8, 4) is 0 Å². The monoisotopic (exact) mass is 231 g/mol. The SMILES string of the molecule is C=CCC[C@H](N)c1c(F)ccc(Cl)c1F. The van der Waals surface area contributed by atoms with Gasteiger partial charge in [-0.25, -0.2) is 8.78 Å². The van der Waals surface area contributed by atoms with Gasteiger partial charge in [0, 0.05) is 11.6 Å². The maximum atomic E-state index is 13.5. The molecule has 15 heavy (non-hydrogen) atoms. The number of allylic oxidation sites excluding steroid dienone is 1. The fourth-order valence-electron chi connectivity index (χ4n) is 1.32. The second kappa shape index (κ2) is 5.24. The molecule has 0 heterocycles. The molecule has 1 aromatic rings. The second-order valence-electron chi connectivity index (χ2n) is 3.23. The summed E-state index contributed by atoms with van der Waals surface area (Å²) in [4.78, 5) is 0. The van der Waals surface area contributed by atoms with Crippen LogP contribution >= 0.6 is 11.6 Å². The van der Waals surface area contributed by atoms with Crippen LogP contribution in [-0.2, 0) is 0 Å². The fraction of sp³-hybridized carbons (Fsp3) is 0.273. The highest BCUT2D eigenvalue weighted by Gasteiger charge is 2.18. The van der Waals surface area contributed by atoms with Crippen LogP contribution in [0.2, 0.25) is 5.02 Å². The number of halogens is 3. The first kappa shape index (κ1) is 12.1. The molecule has 2 N–H and O–H groups in total. The molecular formula is C11H12ClF2N. The van der Waals surface area contributed by atoms with Crippen molar-refractivity contribution >= 4 is 11.6 Å². The molecule has 0 spiro atoms. The highest BCUT2D eigenvalue weighted by Crippen LogP contribution is 2.27. The molecule has 0 fully saturated rings. The van der Waals surface area contributed by atoms with Gasteiger partial charge in [-0.15, -0.1) is 6.58 Å². The molecule has 0 radical (unpaired) electrons. The Morgan fingerprint density at radius 1 is 1.47 bits per heavy atom. The van der Waals surface area contributed by atoms with Gasteiger partial charge in [-0.1, -0.05) is 17.7 Å². The lowest BCUT2D eigenvalue weighted by molar-refractivity contribution is 0.514.